The second-order valence-corrected chi connectivity index (χ2v) is 4.91. The topological polar surface area (TPSA) is 64.7 Å². The van der Waals surface area contributed by atoms with Crippen LogP contribution in [0, 0.1) is 6.92 Å². The number of hydrogen-bond acceptors (Lipinski definition) is 5. The molecule has 0 spiro atoms. The van der Waals surface area contributed by atoms with E-state index in [2.05, 4.69) is 15.0 Å². The number of alkyl halides is 3. The summed E-state index contributed by atoms with van der Waals surface area (Å²) in [6.07, 6.45) is -2.72. The first-order valence-corrected chi connectivity index (χ1v) is 6.31. The lowest BCUT2D eigenvalue weighted by Crippen LogP contribution is -2.03. The van der Waals surface area contributed by atoms with E-state index in [4.69, 9.17) is 5.73 Å². The Bertz CT molecular complexity index is 606. The van der Waals surface area contributed by atoms with Gasteiger partial charge in [0.05, 0.1) is 10.6 Å². The minimum Gasteiger partial charge on any atom is -0.383 e. The summed E-state index contributed by atoms with van der Waals surface area (Å²) in [6, 6.07) is 0. The molecule has 0 atom stereocenters. The van der Waals surface area contributed by atoms with Crippen LogP contribution in [0.3, 0.4) is 0 Å². The van der Waals surface area contributed by atoms with Gasteiger partial charge in [-0.3, -0.25) is 0 Å². The molecule has 0 aliphatic heterocycles. The number of nitrogens with two attached hydrogens (primary N) is 1. The average Bonchev–Trinajstić information content (AvgIpc) is 2.81. The summed E-state index contributed by atoms with van der Waals surface area (Å²) < 4.78 is 37.6. The lowest BCUT2D eigenvalue weighted by atomic mass is 10.2. The number of halogens is 3. The minimum atomic E-state index is -4.44. The summed E-state index contributed by atoms with van der Waals surface area (Å²) in [5, 5.41) is -0.892. The highest BCUT2D eigenvalue weighted by atomic mass is 32.1. The van der Waals surface area contributed by atoms with Crippen LogP contribution >= 0.6 is 11.3 Å². The Hall–Kier alpha value is -1.70. The molecule has 0 aliphatic carbocycles. The summed E-state index contributed by atoms with van der Waals surface area (Å²) >= 11 is 0.553. The lowest BCUT2D eigenvalue weighted by molar-refractivity contribution is -0.137. The van der Waals surface area contributed by atoms with Gasteiger partial charge in [0.1, 0.15) is 11.6 Å². The first-order chi connectivity index (χ1) is 8.82. The summed E-state index contributed by atoms with van der Waals surface area (Å²) in [6.45, 7) is 3.53. The van der Waals surface area contributed by atoms with E-state index in [9.17, 15) is 13.2 Å². The van der Waals surface area contributed by atoms with E-state index >= 15 is 0 Å². The van der Waals surface area contributed by atoms with Crippen molar-refractivity contribution < 1.29 is 13.2 Å². The fourth-order valence-corrected chi connectivity index (χ4v) is 2.33. The predicted octanol–water partition coefficient (Wildman–Crippen LogP) is 3.07. The Balaban J connectivity index is 2.53. The normalized spacial score (nSPS) is 11.8. The molecule has 0 bridgehead atoms. The molecule has 2 N–H and O–H groups in total. The smallest absolute Gasteiger partial charge is 0.383 e. The summed E-state index contributed by atoms with van der Waals surface area (Å²) in [5.74, 6) is 0.781. The summed E-state index contributed by atoms with van der Waals surface area (Å²) in [5.41, 5.74) is 6.72. The zero-order valence-electron chi connectivity index (χ0n) is 10.2. The van der Waals surface area contributed by atoms with Gasteiger partial charge in [-0.05, 0) is 6.92 Å². The molecule has 2 aromatic heterocycles. The molecule has 0 amide bonds. The summed E-state index contributed by atoms with van der Waals surface area (Å²) in [4.78, 5) is 12.0. The van der Waals surface area contributed by atoms with Gasteiger partial charge in [-0.2, -0.15) is 13.2 Å². The van der Waals surface area contributed by atoms with Crippen molar-refractivity contribution in [2.75, 3.05) is 5.73 Å². The molecule has 2 aromatic rings. The Morgan fingerprint density at radius 3 is 2.53 bits per heavy atom. The van der Waals surface area contributed by atoms with Crippen molar-refractivity contribution >= 4 is 17.2 Å². The molecule has 2 rings (SSSR count). The first-order valence-electron chi connectivity index (χ1n) is 5.49. The zero-order valence-corrected chi connectivity index (χ0v) is 11.1. The minimum absolute atomic E-state index is 0.281. The van der Waals surface area contributed by atoms with Crippen LogP contribution in [0.5, 0.6) is 0 Å². The molecule has 4 nitrogen and oxygen atoms in total. The number of aromatic nitrogens is 3. The highest BCUT2D eigenvalue weighted by Crippen LogP contribution is 2.37. The molecule has 2 heterocycles. The SMILES string of the molecule is CCc1nc(N)c(C)c(-c2cnc(C(F)(F)F)s2)n1. The quantitative estimate of drug-likeness (QED) is 0.922. The molecule has 102 valence electrons. The van der Waals surface area contributed by atoms with Crippen molar-refractivity contribution in [1.82, 2.24) is 15.0 Å². The van der Waals surface area contributed by atoms with Gasteiger partial charge >= 0.3 is 6.18 Å². The van der Waals surface area contributed by atoms with Crippen molar-refractivity contribution in [3.63, 3.8) is 0 Å². The summed E-state index contributed by atoms with van der Waals surface area (Å²) in [7, 11) is 0. The monoisotopic (exact) mass is 288 g/mol. The van der Waals surface area contributed by atoms with Crippen molar-refractivity contribution in [3.05, 3.63) is 22.6 Å². The maximum absolute atomic E-state index is 12.5. The maximum Gasteiger partial charge on any atom is 0.443 e. The van der Waals surface area contributed by atoms with Crippen molar-refractivity contribution in [2.45, 2.75) is 26.4 Å². The second-order valence-electron chi connectivity index (χ2n) is 3.88. The third-order valence-corrected chi connectivity index (χ3v) is 3.58. The molecule has 0 aliphatic rings. The highest BCUT2D eigenvalue weighted by Gasteiger charge is 2.35. The Morgan fingerprint density at radius 2 is 2.00 bits per heavy atom. The van der Waals surface area contributed by atoms with Gasteiger partial charge in [0, 0.05) is 18.2 Å². The predicted molar refractivity (Wildman–Crippen MR) is 66.7 cm³/mol. The first kappa shape index (κ1) is 13.7. The van der Waals surface area contributed by atoms with Crippen molar-refractivity contribution in [2.24, 2.45) is 0 Å². The van der Waals surface area contributed by atoms with Crippen LogP contribution in [0.4, 0.5) is 19.0 Å². The van der Waals surface area contributed by atoms with Crippen LogP contribution in [-0.2, 0) is 12.6 Å². The molecule has 0 saturated carbocycles. The van der Waals surface area contributed by atoms with Crippen molar-refractivity contribution in [3.8, 4) is 10.6 Å². The molecular formula is C11H11F3N4S. The fraction of sp³-hybridized carbons (Fsp3) is 0.364. The van der Waals surface area contributed by atoms with Crippen LogP contribution < -0.4 is 5.73 Å². The molecule has 0 unspecified atom stereocenters. The van der Waals surface area contributed by atoms with Gasteiger partial charge in [-0.25, -0.2) is 15.0 Å². The number of nitrogen functional groups attached to an aromatic ring is 1. The van der Waals surface area contributed by atoms with E-state index in [1.54, 1.807) is 6.92 Å². The van der Waals surface area contributed by atoms with E-state index < -0.39 is 11.2 Å². The van der Waals surface area contributed by atoms with E-state index in [1.807, 2.05) is 6.92 Å². The fourth-order valence-electron chi connectivity index (χ4n) is 1.49. The van der Waals surface area contributed by atoms with Crippen molar-refractivity contribution in [1.29, 1.82) is 0 Å². The molecule has 0 saturated heterocycles. The molecule has 8 heteroatoms. The number of nitrogens with zero attached hydrogens (tertiary/aromatic N) is 3. The number of anilines is 1. The van der Waals surface area contributed by atoms with E-state index in [0.717, 1.165) is 0 Å². The lowest BCUT2D eigenvalue weighted by Gasteiger charge is -2.07. The van der Waals surface area contributed by atoms with E-state index in [0.29, 0.717) is 39.7 Å². The van der Waals surface area contributed by atoms with E-state index in [-0.39, 0.29) is 5.82 Å². The third kappa shape index (κ3) is 2.67. The largest absolute Gasteiger partial charge is 0.443 e. The van der Waals surface area contributed by atoms with Gasteiger partial charge in [0.15, 0.2) is 5.01 Å². The Kier molecular flexibility index (Phi) is 3.44. The number of thiazole rings is 1. The number of rotatable bonds is 2. The second kappa shape index (κ2) is 4.76. The molecule has 0 aromatic carbocycles. The number of aryl methyl sites for hydroxylation is 1. The average molecular weight is 288 g/mol. The Morgan fingerprint density at radius 1 is 1.32 bits per heavy atom. The van der Waals surface area contributed by atoms with E-state index in [1.165, 1.54) is 6.20 Å². The zero-order chi connectivity index (χ0) is 14.2. The van der Waals surface area contributed by atoms with Gasteiger partial charge in [0.2, 0.25) is 0 Å². The van der Waals surface area contributed by atoms with Gasteiger partial charge < -0.3 is 5.73 Å². The Labute approximate surface area is 111 Å². The van der Waals surface area contributed by atoms with Gasteiger partial charge in [-0.1, -0.05) is 6.92 Å². The molecular weight excluding hydrogens is 277 g/mol. The highest BCUT2D eigenvalue weighted by molar-refractivity contribution is 7.15. The number of hydrogen-bond donors (Lipinski definition) is 1. The van der Waals surface area contributed by atoms with Crippen LogP contribution in [0.15, 0.2) is 6.20 Å². The molecule has 19 heavy (non-hydrogen) atoms. The standard InChI is InChI=1S/C11H11F3N4S/c1-3-7-17-8(5(2)9(15)18-7)6-4-16-10(19-6)11(12,13)14/h4H,3H2,1-2H3,(H2,15,17,18). The van der Waals surface area contributed by atoms with Gasteiger partial charge in [-0.15, -0.1) is 11.3 Å². The van der Waals surface area contributed by atoms with Crippen LogP contribution in [0.1, 0.15) is 23.3 Å². The maximum atomic E-state index is 12.5. The van der Waals surface area contributed by atoms with Crippen LogP contribution in [-0.4, -0.2) is 15.0 Å². The molecule has 0 fully saturated rings. The van der Waals surface area contributed by atoms with Crippen LogP contribution in [0.25, 0.3) is 10.6 Å². The van der Waals surface area contributed by atoms with Crippen LogP contribution in [0.2, 0.25) is 0 Å². The molecule has 0 radical (unpaired) electrons. The van der Waals surface area contributed by atoms with Gasteiger partial charge in [0.25, 0.3) is 0 Å². The third-order valence-electron chi connectivity index (χ3n) is 2.53.